The van der Waals surface area contributed by atoms with Crippen LogP contribution in [0.1, 0.15) is 5.56 Å². The van der Waals surface area contributed by atoms with Crippen molar-refractivity contribution in [1.29, 1.82) is 0 Å². The largest absolute Gasteiger partial charge is 0.389 e. The molecule has 24 heavy (non-hydrogen) atoms. The van der Waals surface area contributed by atoms with Gasteiger partial charge in [-0.25, -0.2) is 9.50 Å². The summed E-state index contributed by atoms with van der Waals surface area (Å²) in [7, 11) is 0. The van der Waals surface area contributed by atoms with Crippen LogP contribution in [0, 0.1) is 0 Å². The Morgan fingerprint density at radius 1 is 0.958 bits per heavy atom. The predicted molar refractivity (Wildman–Crippen MR) is 95.3 cm³/mol. The summed E-state index contributed by atoms with van der Waals surface area (Å²) in [5.74, 6) is 0.571. The average Bonchev–Trinajstić information content (AvgIpc) is 3.07. The van der Waals surface area contributed by atoms with Crippen molar-refractivity contribution >= 4 is 22.9 Å². The fourth-order valence-electron chi connectivity index (χ4n) is 2.51. The fraction of sp³-hybridized carbons (Fsp3) is 0. The van der Waals surface area contributed by atoms with Gasteiger partial charge in [-0.3, -0.25) is 9.97 Å². The molecule has 0 radical (unpaired) electrons. The second-order valence-electron chi connectivity index (χ2n) is 5.14. The van der Waals surface area contributed by atoms with Gasteiger partial charge in [0.25, 0.3) is 0 Å². The number of thiocarbonyl (C=S) groups is 1. The fourth-order valence-corrected chi connectivity index (χ4v) is 2.67. The Labute approximate surface area is 143 Å². The van der Waals surface area contributed by atoms with Crippen molar-refractivity contribution in [2.75, 3.05) is 0 Å². The van der Waals surface area contributed by atoms with Crippen LogP contribution in [0.25, 0.3) is 28.3 Å². The van der Waals surface area contributed by atoms with Crippen LogP contribution in [-0.2, 0) is 0 Å². The molecule has 4 aromatic rings. The van der Waals surface area contributed by atoms with Crippen molar-refractivity contribution in [1.82, 2.24) is 24.6 Å². The van der Waals surface area contributed by atoms with Crippen LogP contribution in [0.5, 0.6) is 0 Å². The number of hydrogen-bond acceptors (Lipinski definition) is 5. The van der Waals surface area contributed by atoms with Crippen molar-refractivity contribution in [3.8, 4) is 22.6 Å². The minimum atomic E-state index is 0.284. The lowest BCUT2D eigenvalue weighted by Crippen LogP contribution is -2.12. The van der Waals surface area contributed by atoms with E-state index in [0.717, 1.165) is 16.8 Å². The summed E-state index contributed by atoms with van der Waals surface area (Å²) < 4.78 is 1.76. The number of pyridine rings is 3. The van der Waals surface area contributed by atoms with Gasteiger partial charge >= 0.3 is 0 Å². The monoisotopic (exact) mass is 332 g/mol. The molecule has 4 rings (SSSR count). The highest BCUT2D eigenvalue weighted by Gasteiger charge is 2.15. The predicted octanol–water partition coefficient (Wildman–Crippen LogP) is 2.49. The lowest BCUT2D eigenvalue weighted by molar-refractivity contribution is 0.971. The molecule has 0 atom stereocenters. The van der Waals surface area contributed by atoms with Gasteiger partial charge in [0.1, 0.15) is 4.99 Å². The lowest BCUT2D eigenvalue weighted by Gasteiger charge is -2.06. The van der Waals surface area contributed by atoms with Crippen LogP contribution in [-0.4, -0.2) is 29.6 Å². The van der Waals surface area contributed by atoms with E-state index < -0.39 is 0 Å². The van der Waals surface area contributed by atoms with Crippen LogP contribution in [0.2, 0.25) is 0 Å². The number of nitrogens with two attached hydrogens (primary N) is 1. The zero-order valence-electron chi connectivity index (χ0n) is 12.5. The van der Waals surface area contributed by atoms with Crippen LogP contribution >= 0.6 is 12.2 Å². The van der Waals surface area contributed by atoms with Crippen LogP contribution in [0.15, 0.2) is 61.2 Å². The quantitative estimate of drug-likeness (QED) is 0.581. The maximum Gasteiger partial charge on any atom is 0.183 e. The molecule has 0 saturated heterocycles. The molecule has 0 unspecified atom stereocenters. The van der Waals surface area contributed by atoms with E-state index in [-0.39, 0.29) is 4.99 Å². The Balaban J connectivity index is 2.01. The van der Waals surface area contributed by atoms with Crippen molar-refractivity contribution in [3.63, 3.8) is 0 Å². The normalized spacial score (nSPS) is 10.8. The molecule has 0 saturated carbocycles. The zero-order valence-corrected chi connectivity index (χ0v) is 13.3. The van der Waals surface area contributed by atoms with Gasteiger partial charge in [-0.15, -0.1) is 5.10 Å². The van der Waals surface area contributed by atoms with Gasteiger partial charge in [-0.2, -0.15) is 0 Å². The molecule has 7 heteroatoms. The molecular formula is C17H12N6S. The van der Waals surface area contributed by atoms with Gasteiger partial charge < -0.3 is 5.73 Å². The van der Waals surface area contributed by atoms with E-state index in [0.29, 0.717) is 17.0 Å². The van der Waals surface area contributed by atoms with E-state index >= 15 is 0 Å². The number of nitrogens with zero attached hydrogens (tertiary/aromatic N) is 5. The zero-order chi connectivity index (χ0) is 16.5. The molecule has 2 N–H and O–H groups in total. The Hall–Kier alpha value is -3.19. The molecule has 0 amide bonds. The summed E-state index contributed by atoms with van der Waals surface area (Å²) in [6, 6.07) is 11.4. The van der Waals surface area contributed by atoms with E-state index in [1.807, 2.05) is 36.4 Å². The lowest BCUT2D eigenvalue weighted by atomic mass is 10.1. The molecule has 0 spiro atoms. The molecule has 6 nitrogen and oxygen atoms in total. The van der Waals surface area contributed by atoms with Gasteiger partial charge in [0.15, 0.2) is 11.5 Å². The first-order chi connectivity index (χ1) is 11.7. The van der Waals surface area contributed by atoms with Crippen LogP contribution < -0.4 is 5.73 Å². The summed E-state index contributed by atoms with van der Waals surface area (Å²) >= 11 is 5.15. The highest BCUT2D eigenvalue weighted by molar-refractivity contribution is 7.80. The molecule has 0 aliphatic heterocycles. The molecule has 0 aromatic carbocycles. The third-order valence-electron chi connectivity index (χ3n) is 3.65. The molecule has 0 aliphatic carbocycles. The Kier molecular flexibility index (Phi) is 3.47. The van der Waals surface area contributed by atoms with Gasteiger partial charge in [-0.05, 0) is 36.4 Å². The maximum atomic E-state index is 5.84. The minimum Gasteiger partial charge on any atom is -0.389 e. The second-order valence-corrected chi connectivity index (χ2v) is 5.58. The summed E-state index contributed by atoms with van der Waals surface area (Å²) in [6.45, 7) is 0. The van der Waals surface area contributed by atoms with E-state index in [4.69, 9.17) is 18.0 Å². The van der Waals surface area contributed by atoms with Crippen molar-refractivity contribution in [2.45, 2.75) is 0 Å². The van der Waals surface area contributed by atoms with Crippen molar-refractivity contribution in [2.24, 2.45) is 5.73 Å². The Morgan fingerprint density at radius 3 is 2.50 bits per heavy atom. The highest BCUT2D eigenvalue weighted by atomic mass is 32.1. The Bertz CT molecular complexity index is 1030. The number of hydrogen-bond donors (Lipinski definition) is 1. The van der Waals surface area contributed by atoms with Gasteiger partial charge in [0.2, 0.25) is 0 Å². The summed E-state index contributed by atoms with van der Waals surface area (Å²) in [5.41, 5.74) is 9.84. The van der Waals surface area contributed by atoms with Crippen molar-refractivity contribution < 1.29 is 0 Å². The van der Waals surface area contributed by atoms with E-state index in [9.17, 15) is 0 Å². The summed E-state index contributed by atoms with van der Waals surface area (Å²) in [5, 5.41) is 4.63. The number of fused-ring (bicyclic) bond motifs is 1. The standard InChI is InChI=1S/C17H12N6S/c18-15(24)13-3-4-14(11-5-8-19-9-6-11)23-17(13)21-16(22-23)12-2-1-7-20-10-12/h1-10H,(H2,18,24). The smallest absolute Gasteiger partial charge is 0.183 e. The Morgan fingerprint density at radius 2 is 1.79 bits per heavy atom. The average molecular weight is 332 g/mol. The molecule has 4 aromatic heterocycles. The van der Waals surface area contributed by atoms with Crippen molar-refractivity contribution in [3.05, 3.63) is 66.7 Å². The third-order valence-corrected chi connectivity index (χ3v) is 3.87. The first-order valence-electron chi connectivity index (χ1n) is 7.24. The number of aromatic nitrogens is 5. The maximum absolute atomic E-state index is 5.84. The summed E-state index contributed by atoms with van der Waals surface area (Å²) in [6.07, 6.45) is 6.91. The first kappa shape index (κ1) is 14.4. The molecular weight excluding hydrogens is 320 g/mol. The first-order valence-corrected chi connectivity index (χ1v) is 7.65. The van der Waals surface area contributed by atoms with Crippen LogP contribution in [0.3, 0.4) is 0 Å². The van der Waals surface area contributed by atoms with Gasteiger partial charge in [0.05, 0.1) is 11.3 Å². The minimum absolute atomic E-state index is 0.284. The topological polar surface area (TPSA) is 82.0 Å². The van der Waals surface area contributed by atoms with E-state index in [1.165, 1.54) is 0 Å². The van der Waals surface area contributed by atoms with Crippen LogP contribution in [0.4, 0.5) is 0 Å². The van der Waals surface area contributed by atoms with Gasteiger partial charge in [-0.1, -0.05) is 12.2 Å². The molecule has 0 fully saturated rings. The van der Waals surface area contributed by atoms with Gasteiger partial charge in [0, 0.05) is 35.9 Å². The summed E-state index contributed by atoms with van der Waals surface area (Å²) in [4.78, 5) is 13.1. The molecule has 0 aliphatic rings. The molecule has 4 heterocycles. The molecule has 0 bridgehead atoms. The molecule has 116 valence electrons. The van der Waals surface area contributed by atoms with E-state index in [2.05, 4.69) is 20.1 Å². The van der Waals surface area contributed by atoms with E-state index in [1.54, 1.807) is 29.3 Å². The number of rotatable bonds is 3. The third kappa shape index (κ3) is 2.40. The highest BCUT2D eigenvalue weighted by Crippen LogP contribution is 2.24. The second kappa shape index (κ2) is 5.78. The SMILES string of the molecule is NC(=S)c1ccc(-c2ccncc2)n2nc(-c3cccnc3)nc12.